The second-order valence-electron chi connectivity index (χ2n) is 6.22. The summed E-state index contributed by atoms with van der Waals surface area (Å²) in [6.07, 6.45) is 0.750. The van der Waals surface area contributed by atoms with Crippen molar-refractivity contribution in [2.75, 3.05) is 30.9 Å². The van der Waals surface area contributed by atoms with E-state index in [0.717, 1.165) is 6.41 Å². The van der Waals surface area contributed by atoms with Crippen molar-refractivity contribution in [3.63, 3.8) is 0 Å². The molecule has 0 spiro atoms. The molecule has 1 heterocycles. The van der Waals surface area contributed by atoms with Crippen LogP contribution in [0.25, 0.3) is 0 Å². The fraction of sp³-hybridized carbons (Fsp3) is 0.211. The summed E-state index contributed by atoms with van der Waals surface area (Å²) in [5.74, 6) is -0.292. The highest BCUT2D eigenvalue weighted by Crippen LogP contribution is 2.21. The number of benzene rings is 2. The van der Waals surface area contributed by atoms with Gasteiger partial charge in [-0.1, -0.05) is 18.2 Å². The molecule has 0 unspecified atom stereocenters. The Morgan fingerprint density at radius 2 is 1.79 bits per heavy atom. The molecule has 1 N–H and O–H groups in total. The first kappa shape index (κ1) is 19.4. The zero-order valence-corrected chi connectivity index (χ0v) is 15.7. The number of rotatable bonds is 5. The SMILES string of the molecule is N#Cc1ccccc1NS(=O)(=O)c1cccc(C(=O)N2CCN(C=O)CC2)c1. The van der Waals surface area contributed by atoms with Gasteiger partial charge >= 0.3 is 0 Å². The third-order valence-corrected chi connectivity index (χ3v) is 5.80. The van der Waals surface area contributed by atoms with Crippen LogP contribution in [-0.4, -0.2) is 56.7 Å². The number of carbonyl (C=O) groups excluding carboxylic acids is 2. The predicted octanol–water partition coefficient (Wildman–Crippen LogP) is 1.27. The monoisotopic (exact) mass is 398 g/mol. The summed E-state index contributed by atoms with van der Waals surface area (Å²) in [6.45, 7) is 1.67. The minimum Gasteiger partial charge on any atom is -0.342 e. The van der Waals surface area contributed by atoms with E-state index in [2.05, 4.69) is 4.72 Å². The van der Waals surface area contributed by atoms with Crippen LogP contribution in [0.5, 0.6) is 0 Å². The average Bonchev–Trinajstić information content (AvgIpc) is 2.73. The molecule has 0 aliphatic carbocycles. The number of hydrogen-bond donors (Lipinski definition) is 1. The highest BCUT2D eigenvalue weighted by Gasteiger charge is 2.23. The second-order valence-corrected chi connectivity index (χ2v) is 7.91. The number of sulfonamides is 1. The fourth-order valence-corrected chi connectivity index (χ4v) is 4.01. The Morgan fingerprint density at radius 3 is 2.46 bits per heavy atom. The second kappa shape index (κ2) is 8.10. The van der Waals surface area contributed by atoms with E-state index in [4.69, 9.17) is 5.26 Å². The van der Waals surface area contributed by atoms with Gasteiger partial charge in [0, 0.05) is 31.7 Å². The molecule has 0 saturated carbocycles. The molecule has 2 aromatic carbocycles. The minimum absolute atomic E-state index is 0.0716. The Kier molecular flexibility index (Phi) is 5.61. The maximum Gasteiger partial charge on any atom is 0.261 e. The number of hydrogen-bond acceptors (Lipinski definition) is 5. The highest BCUT2D eigenvalue weighted by atomic mass is 32.2. The van der Waals surface area contributed by atoms with Crippen molar-refractivity contribution in [3.8, 4) is 6.07 Å². The molecular weight excluding hydrogens is 380 g/mol. The molecule has 8 nitrogen and oxygen atoms in total. The van der Waals surface area contributed by atoms with E-state index in [9.17, 15) is 18.0 Å². The molecule has 2 amide bonds. The Morgan fingerprint density at radius 1 is 1.07 bits per heavy atom. The van der Waals surface area contributed by atoms with Crippen LogP contribution in [0.1, 0.15) is 15.9 Å². The zero-order chi connectivity index (χ0) is 20.1. The molecule has 2 aromatic rings. The predicted molar refractivity (Wildman–Crippen MR) is 102 cm³/mol. The van der Waals surface area contributed by atoms with Crippen molar-refractivity contribution in [3.05, 3.63) is 59.7 Å². The van der Waals surface area contributed by atoms with E-state index < -0.39 is 10.0 Å². The lowest BCUT2D eigenvalue weighted by molar-refractivity contribution is -0.119. The quantitative estimate of drug-likeness (QED) is 0.763. The van der Waals surface area contributed by atoms with Gasteiger partial charge in [0.2, 0.25) is 6.41 Å². The van der Waals surface area contributed by atoms with Gasteiger partial charge in [-0.2, -0.15) is 5.26 Å². The van der Waals surface area contributed by atoms with Gasteiger partial charge in [-0.15, -0.1) is 0 Å². The molecule has 1 aliphatic heterocycles. The van der Waals surface area contributed by atoms with Crippen LogP contribution >= 0.6 is 0 Å². The number of nitrogens with one attached hydrogen (secondary N) is 1. The third kappa shape index (κ3) is 4.13. The molecule has 3 rings (SSSR count). The summed E-state index contributed by atoms with van der Waals surface area (Å²) in [5, 5.41) is 9.12. The van der Waals surface area contributed by atoms with Crippen molar-refractivity contribution in [2.24, 2.45) is 0 Å². The largest absolute Gasteiger partial charge is 0.342 e. The van der Waals surface area contributed by atoms with Crippen LogP contribution in [-0.2, 0) is 14.8 Å². The Hall–Kier alpha value is -3.38. The fourth-order valence-electron chi connectivity index (χ4n) is 2.88. The Bertz CT molecular complexity index is 1040. The Balaban J connectivity index is 1.81. The summed E-state index contributed by atoms with van der Waals surface area (Å²) in [4.78, 5) is 26.6. The average molecular weight is 398 g/mol. The molecule has 0 atom stereocenters. The lowest BCUT2D eigenvalue weighted by Gasteiger charge is -2.32. The van der Waals surface area contributed by atoms with E-state index >= 15 is 0 Å². The maximum atomic E-state index is 12.7. The molecule has 1 aliphatic rings. The van der Waals surface area contributed by atoms with Gasteiger partial charge in [0.1, 0.15) is 6.07 Å². The van der Waals surface area contributed by atoms with E-state index in [1.54, 1.807) is 28.0 Å². The van der Waals surface area contributed by atoms with Crippen LogP contribution in [0.15, 0.2) is 53.4 Å². The van der Waals surface area contributed by atoms with Crippen molar-refractivity contribution < 1.29 is 18.0 Å². The smallest absolute Gasteiger partial charge is 0.261 e. The molecule has 28 heavy (non-hydrogen) atoms. The van der Waals surface area contributed by atoms with E-state index in [1.807, 2.05) is 6.07 Å². The van der Waals surface area contributed by atoms with Crippen LogP contribution < -0.4 is 4.72 Å². The van der Waals surface area contributed by atoms with E-state index in [1.165, 1.54) is 30.3 Å². The summed E-state index contributed by atoms with van der Waals surface area (Å²) in [6, 6.07) is 14.0. The van der Waals surface area contributed by atoms with Crippen LogP contribution in [0.2, 0.25) is 0 Å². The normalized spacial score (nSPS) is 14.2. The first-order valence-corrected chi connectivity index (χ1v) is 10.0. The number of para-hydroxylation sites is 1. The van der Waals surface area contributed by atoms with Crippen molar-refractivity contribution in [1.29, 1.82) is 5.26 Å². The third-order valence-electron chi connectivity index (χ3n) is 4.43. The minimum atomic E-state index is -3.97. The van der Waals surface area contributed by atoms with Crippen molar-refractivity contribution in [1.82, 2.24) is 9.80 Å². The highest BCUT2D eigenvalue weighted by molar-refractivity contribution is 7.92. The van der Waals surface area contributed by atoms with Gasteiger partial charge in [-0.05, 0) is 30.3 Å². The van der Waals surface area contributed by atoms with Gasteiger partial charge in [-0.3, -0.25) is 14.3 Å². The van der Waals surface area contributed by atoms with Crippen LogP contribution in [0, 0.1) is 11.3 Å². The van der Waals surface area contributed by atoms with E-state index in [0.29, 0.717) is 26.2 Å². The lowest BCUT2D eigenvalue weighted by atomic mass is 10.2. The lowest BCUT2D eigenvalue weighted by Crippen LogP contribution is -2.48. The zero-order valence-electron chi connectivity index (χ0n) is 14.9. The number of amides is 2. The van der Waals surface area contributed by atoms with Gasteiger partial charge in [0.15, 0.2) is 0 Å². The number of carbonyl (C=O) groups is 2. The molecule has 1 saturated heterocycles. The number of piperazine rings is 1. The topological polar surface area (TPSA) is 111 Å². The summed E-state index contributed by atoms with van der Waals surface area (Å²) < 4.78 is 27.8. The van der Waals surface area contributed by atoms with Crippen LogP contribution in [0.3, 0.4) is 0 Å². The van der Waals surface area contributed by atoms with Crippen LogP contribution in [0.4, 0.5) is 5.69 Å². The van der Waals surface area contributed by atoms with Gasteiger partial charge < -0.3 is 9.80 Å². The van der Waals surface area contributed by atoms with E-state index in [-0.39, 0.29) is 27.6 Å². The summed E-state index contributed by atoms with van der Waals surface area (Å²) >= 11 is 0. The van der Waals surface area contributed by atoms with Crippen molar-refractivity contribution in [2.45, 2.75) is 4.90 Å². The van der Waals surface area contributed by atoms with Gasteiger partial charge in [-0.25, -0.2) is 8.42 Å². The molecule has 144 valence electrons. The van der Waals surface area contributed by atoms with Gasteiger partial charge in [0.25, 0.3) is 15.9 Å². The summed E-state index contributed by atoms with van der Waals surface area (Å²) in [5.41, 5.74) is 0.620. The molecular formula is C19H18N4O4S. The molecule has 0 aromatic heterocycles. The van der Waals surface area contributed by atoms with Crippen molar-refractivity contribution >= 4 is 28.0 Å². The Labute approximate surface area is 163 Å². The first-order valence-electron chi connectivity index (χ1n) is 8.55. The molecule has 9 heteroatoms. The summed E-state index contributed by atoms with van der Waals surface area (Å²) in [7, 11) is -3.97. The number of anilines is 1. The molecule has 1 fully saturated rings. The first-order chi connectivity index (χ1) is 13.4. The number of nitrogens with zero attached hydrogens (tertiary/aromatic N) is 3. The maximum absolute atomic E-state index is 12.7. The van der Waals surface area contributed by atoms with Gasteiger partial charge in [0.05, 0.1) is 16.1 Å². The number of nitriles is 1. The molecule has 0 bridgehead atoms. The molecule has 0 radical (unpaired) electrons. The standard InChI is InChI=1S/C19H18N4O4S/c20-13-16-4-1-2-7-18(16)21-28(26,27)17-6-3-5-15(12-17)19(25)23-10-8-22(14-24)9-11-23/h1-7,12,14,21H,8-11H2.